The minimum Gasteiger partial charge on any atom is -0.329 e. The quantitative estimate of drug-likeness (QED) is 0.720. The summed E-state index contributed by atoms with van der Waals surface area (Å²) in [4.78, 5) is 11.6. The predicted octanol–water partition coefficient (Wildman–Crippen LogP) is 1.31. The van der Waals surface area contributed by atoms with Crippen LogP contribution >= 0.6 is 11.5 Å². The summed E-state index contributed by atoms with van der Waals surface area (Å²) in [7, 11) is 0. The lowest BCUT2D eigenvalue weighted by Gasteiger charge is -2.18. The molecule has 1 aromatic rings. The first-order valence-corrected chi connectivity index (χ1v) is 4.57. The maximum atomic E-state index is 11.6. The van der Waals surface area contributed by atoms with Gasteiger partial charge in [-0.05, 0) is 17.6 Å². The molecule has 0 bridgehead atoms. The standard InChI is InChI=1S/C8H12N2OS/c1-8(2,5-9)7(11)6-3-4-12-10-6/h3-4H,5,9H2,1-2H3. The van der Waals surface area contributed by atoms with Crippen LogP contribution in [0.5, 0.6) is 0 Å². The highest BCUT2D eigenvalue weighted by atomic mass is 32.1. The van der Waals surface area contributed by atoms with Crippen LogP contribution in [0.15, 0.2) is 11.4 Å². The van der Waals surface area contributed by atoms with Gasteiger partial charge in [0.15, 0.2) is 5.78 Å². The Labute approximate surface area is 75.8 Å². The van der Waals surface area contributed by atoms with E-state index in [1.165, 1.54) is 11.5 Å². The molecule has 1 aromatic heterocycles. The number of nitrogens with zero attached hydrogens (tertiary/aromatic N) is 1. The van der Waals surface area contributed by atoms with Crippen LogP contribution in [0.4, 0.5) is 0 Å². The Morgan fingerprint density at radius 2 is 2.42 bits per heavy atom. The van der Waals surface area contributed by atoms with Crippen molar-refractivity contribution in [2.24, 2.45) is 11.1 Å². The molecule has 0 aliphatic heterocycles. The van der Waals surface area contributed by atoms with Crippen LogP contribution in [0.1, 0.15) is 24.3 Å². The number of rotatable bonds is 3. The van der Waals surface area contributed by atoms with Crippen molar-refractivity contribution in [1.29, 1.82) is 0 Å². The molecule has 0 aliphatic rings. The maximum absolute atomic E-state index is 11.6. The van der Waals surface area contributed by atoms with Gasteiger partial charge in [0.2, 0.25) is 0 Å². The summed E-state index contributed by atoms with van der Waals surface area (Å²) in [5.41, 5.74) is 5.50. The van der Waals surface area contributed by atoms with Gasteiger partial charge >= 0.3 is 0 Å². The fourth-order valence-corrected chi connectivity index (χ4v) is 1.28. The third-order valence-electron chi connectivity index (χ3n) is 1.80. The lowest BCUT2D eigenvalue weighted by atomic mass is 9.87. The van der Waals surface area contributed by atoms with Crippen molar-refractivity contribution in [3.05, 3.63) is 17.1 Å². The molecular weight excluding hydrogens is 172 g/mol. The third kappa shape index (κ3) is 1.70. The normalized spacial score (nSPS) is 11.6. The minimum absolute atomic E-state index is 0.0197. The second kappa shape index (κ2) is 3.33. The Balaban J connectivity index is 2.86. The van der Waals surface area contributed by atoms with Gasteiger partial charge in [-0.1, -0.05) is 13.8 Å². The monoisotopic (exact) mass is 184 g/mol. The van der Waals surface area contributed by atoms with Crippen molar-refractivity contribution in [3.63, 3.8) is 0 Å². The molecule has 0 amide bonds. The van der Waals surface area contributed by atoms with Gasteiger partial charge in [-0.2, -0.15) is 4.37 Å². The van der Waals surface area contributed by atoms with E-state index in [1.807, 2.05) is 13.8 Å². The van der Waals surface area contributed by atoms with Crippen LogP contribution in [0.25, 0.3) is 0 Å². The molecule has 3 nitrogen and oxygen atoms in total. The van der Waals surface area contributed by atoms with Crippen LogP contribution in [0, 0.1) is 5.41 Å². The molecule has 0 atom stereocenters. The highest BCUT2D eigenvalue weighted by Gasteiger charge is 2.28. The molecule has 1 rings (SSSR count). The lowest BCUT2D eigenvalue weighted by molar-refractivity contribution is 0.0843. The van der Waals surface area contributed by atoms with E-state index < -0.39 is 5.41 Å². The molecule has 4 heteroatoms. The molecule has 0 unspecified atom stereocenters. The molecule has 12 heavy (non-hydrogen) atoms. The number of Topliss-reactive ketones (excluding diaryl/α,β-unsaturated/α-hetero) is 1. The van der Waals surface area contributed by atoms with Crippen LogP contribution in [-0.4, -0.2) is 16.7 Å². The van der Waals surface area contributed by atoms with Crippen molar-refractivity contribution >= 4 is 17.3 Å². The average Bonchev–Trinajstić information content (AvgIpc) is 2.55. The van der Waals surface area contributed by atoms with Crippen molar-refractivity contribution in [1.82, 2.24) is 4.37 Å². The van der Waals surface area contributed by atoms with Gasteiger partial charge in [-0.25, -0.2) is 0 Å². The topological polar surface area (TPSA) is 56.0 Å². The number of carbonyl (C=O) groups is 1. The van der Waals surface area contributed by atoms with E-state index in [0.717, 1.165) is 0 Å². The van der Waals surface area contributed by atoms with Gasteiger partial charge in [-0.15, -0.1) is 0 Å². The van der Waals surface area contributed by atoms with E-state index in [1.54, 1.807) is 11.4 Å². The Morgan fingerprint density at radius 1 is 1.75 bits per heavy atom. The Kier molecular flexibility index (Phi) is 2.59. The van der Waals surface area contributed by atoms with Gasteiger partial charge in [0.1, 0.15) is 5.69 Å². The summed E-state index contributed by atoms with van der Waals surface area (Å²) in [6, 6.07) is 1.73. The number of hydrogen-bond acceptors (Lipinski definition) is 4. The number of hydrogen-bond donors (Lipinski definition) is 1. The van der Waals surface area contributed by atoms with Gasteiger partial charge in [0.25, 0.3) is 0 Å². The Morgan fingerprint density at radius 3 is 2.83 bits per heavy atom. The number of carbonyl (C=O) groups excluding carboxylic acids is 1. The highest BCUT2D eigenvalue weighted by molar-refractivity contribution is 7.03. The summed E-state index contributed by atoms with van der Waals surface area (Å²) in [5.74, 6) is 0.0197. The van der Waals surface area contributed by atoms with Crippen LogP contribution in [0.2, 0.25) is 0 Å². The number of ketones is 1. The van der Waals surface area contributed by atoms with Crippen molar-refractivity contribution < 1.29 is 4.79 Å². The van der Waals surface area contributed by atoms with Crippen molar-refractivity contribution in [2.45, 2.75) is 13.8 Å². The van der Waals surface area contributed by atoms with E-state index >= 15 is 0 Å². The zero-order valence-corrected chi connectivity index (χ0v) is 8.02. The van der Waals surface area contributed by atoms with Gasteiger partial charge in [0, 0.05) is 17.3 Å². The van der Waals surface area contributed by atoms with Gasteiger partial charge < -0.3 is 5.73 Å². The van der Waals surface area contributed by atoms with Crippen LogP contribution in [0.3, 0.4) is 0 Å². The number of aromatic nitrogens is 1. The molecule has 2 N–H and O–H groups in total. The van der Waals surface area contributed by atoms with E-state index in [4.69, 9.17) is 5.73 Å². The largest absolute Gasteiger partial charge is 0.329 e. The van der Waals surface area contributed by atoms with E-state index in [9.17, 15) is 4.79 Å². The fraction of sp³-hybridized carbons (Fsp3) is 0.500. The molecule has 0 fully saturated rings. The van der Waals surface area contributed by atoms with Gasteiger partial charge in [-0.3, -0.25) is 4.79 Å². The second-order valence-corrected chi connectivity index (χ2v) is 3.97. The first-order valence-electron chi connectivity index (χ1n) is 3.73. The average molecular weight is 184 g/mol. The minimum atomic E-state index is -0.492. The van der Waals surface area contributed by atoms with Crippen molar-refractivity contribution in [3.8, 4) is 0 Å². The SMILES string of the molecule is CC(C)(CN)C(=O)c1ccsn1. The summed E-state index contributed by atoms with van der Waals surface area (Å²) < 4.78 is 3.97. The first-order chi connectivity index (χ1) is 5.58. The Hall–Kier alpha value is -0.740. The zero-order chi connectivity index (χ0) is 9.19. The summed E-state index contributed by atoms with van der Waals surface area (Å²) in [5, 5.41) is 1.79. The first kappa shape index (κ1) is 9.35. The molecule has 0 saturated heterocycles. The molecule has 0 saturated carbocycles. The smallest absolute Gasteiger partial charge is 0.189 e. The van der Waals surface area contributed by atoms with E-state index in [0.29, 0.717) is 12.2 Å². The lowest BCUT2D eigenvalue weighted by Crippen LogP contribution is -2.32. The van der Waals surface area contributed by atoms with Crippen LogP contribution in [-0.2, 0) is 0 Å². The zero-order valence-electron chi connectivity index (χ0n) is 7.20. The molecule has 0 spiro atoms. The molecular formula is C8H12N2OS. The van der Waals surface area contributed by atoms with E-state index in [-0.39, 0.29) is 5.78 Å². The number of nitrogens with two attached hydrogens (primary N) is 1. The summed E-state index contributed by atoms with van der Waals surface area (Å²) in [6.07, 6.45) is 0. The molecule has 0 aliphatic carbocycles. The van der Waals surface area contributed by atoms with Gasteiger partial charge in [0.05, 0.1) is 0 Å². The third-order valence-corrected chi connectivity index (χ3v) is 2.36. The maximum Gasteiger partial charge on any atom is 0.189 e. The predicted molar refractivity (Wildman–Crippen MR) is 49.3 cm³/mol. The highest BCUT2D eigenvalue weighted by Crippen LogP contribution is 2.19. The Bertz CT molecular complexity index is 267. The summed E-state index contributed by atoms with van der Waals surface area (Å²) in [6.45, 7) is 4.01. The molecule has 0 radical (unpaired) electrons. The molecule has 1 heterocycles. The molecule has 0 aromatic carbocycles. The summed E-state index contributed by atoms with van der Waals surface area (Å²) >= 11 is 1.28. The van der Waals surface area contributed by atoms with Crippen LogP contribution < -0.4 is 5.73 Å². The van der Waals surface area contributed by atoms with Crippen molar-refractivity contribution in [2.75, 3.05) is 6.54 Å². The van der Waals surface area contributed by atoms with E-state index in [2.05, 4.69) is 4.37 Å². The fourth-order valence-electron chi connectivity index (χ4n) is 0.769. The molecule has 66 valence electrons. The second-order valence-electron chi connectivity index (χ2n) is 3.30.